The van der Waals surface area contributed by atoms with E-state index >= 15 is 0 Å². The van der Waals surface area contributed by atoms with Crippen molar-refractivity contribution in [1.29, 1.82) is 0 Å². The Morgan fingerprint density at radius 3 is 2.67 bits per heavy atom. The fourth-order valence-electron chi connectivity index (χ4n) is 1.49. The highest BCUT2D eigenvalue weighted by molar-refractivity contribution is 5.16. The van der Waals surface area contributed by atoms with E-state index in [1.165, 1.54) is 5.56 Å². The van der Waals surface area contributed by atoms with Gasteiger partial charge in [-0.25, -0.2) is 4.98 Å². The molecule has 1 unspecified atom stereocenters. The van der Waals surface area contributed by atoms with Crippen LogP contribution in [0.2, 0.25) is 0 Å². The van der Waals surface area contributed by atoms with Gasteiger partial charge in [-0.15, -0.1) is 0 Å². The van der Waals surface area contributed by atoms with Crippen molar-refractivity contribution in [2.75, 3.05) is 0 Å². The highest BCUT2D eigenvalue weighted by Crippen LogP contribution is 2.11. The maximum Gasteiger partial charge on any atom is 0.167 e. The lowest BCUT2D eigenvalue weighted by molar-refractivity contribution is 0.647. The molecule has 0 radical (unpaired) electrons. The molecule has 2 aromatic rings. The number of aromatic nitrogens is 3. The maximum absolute atomic E-state index is 6.00. The highest BCUT2D eigenvalue weighted by Gasteiger charge is 2.10. The van der Waals surface area contributed by atoms with Gasteiger partial charge >= 0.3 is 0 Å². The number of hydrogen-bond acceptors (Lipinski definition) is 3. The second-order valence-corrected chi connectivity index (χ2v) is 3.57. The lowest BCUT2D eigenvalue weighted by atomic mass is 10.1. The zero-order valence-electron chi connectivity index (χ0n) is 8.67. The molecule has 0 aliphatic rings. The maximum atomic E-state index is 6.00. The van der Waals surface area contributed by atoms with Gasteiger partial charge in [0, 0.05) is 7.05 Å². The Morgan fingerprint density at radius 2 is 2.07 bits per heavy atom. The van der Waals surface area contributed by atoms with E-state index in [-0.39, 0.29) is 6.04 Å². The Kier molecular flexibility index (Phi) is 2.78. The molecule has 1 aromatic heterocycles. The molecule has 0 saturated heterocycles. The molecule has 1 atom stereocenters. The zero-order chi connectivity index (χ0) is 10.7. The molecule has 4 heteroatoms. The number of aryl methyl sites for hydroxylation is 1. The fourth-order valence-corrected chi connectivity index (χ4v) is 1.49. The van der Waals surface area contributed by atoms with Crippen molar-refractivity contribution in [3.05, 3.63) is 48.0 Å². The summed E-state index contributed by atoms with van der Waals surface area (Å²) in [6.07, 6.45) is 2.44. The minimum Gasteiger partial charge on any atom is -0.321 e. The summed E-state index contributed by atoms with van der Waals surface area (Å²) in [5, 5.41) is 4.19. The van der Waals surface area contributed by atoms with E-state index in [4.69, 9.17) is 5.73 Å². The monoisotopic (exact) mass is 202 g/mol. The molecule has 0 aliphatic heterocycles. The molecule has 2 rings (SSSR count). The van der Waals surface area contributed by atoms with Crippen molar-refractivity contribution >= 4 is 0 Å². The summed E-state index contributed by atoms with van der Waals surface area (Å²) >= 11 is 0. The van der Waals surface area contributed by atoms with Crippen LogP contribution < -0.4 is 5.73 Å². The first-order valence-electron chi connectivity index (χ1n) is 4.91. The lowest BCUT2D eigenvalue weighted by Crippen LogP contribution is -2.15. The molecule has 1 aromatic carbocycles. The standard InChI is InChI=1S/C11H14N4/c1-15-8-13-11(14-15)10(12)7-9-5-3-2-4-6-9/h2-6,8,10H,7,12H2,1H3. The summed E-state index contributed by atoms with van der Waals surface area (Å²) in [4.78, 5) is 4.14. The summed E-state index contributed by atoms with van der Waals surface area (Å²) < 4.78 is 1.67. The third-order valence-electron chi connectivity index (χ3n) is 2.25. The molecule has 0 saturated carbocycles. The van der Waals surface area contributed by atoms with Gasteiger partial charge in [-0.3, -0.25) is 4.68 Å². The molecule has 15 heavy (non-hydrogen) atoms. The average Bonchev–Trinajstić information content (AvgIpc) is 2.66. The first-order valence-corrected chi connectivity index (χ1v) is 4.91. The number of nitrogens with two attached hydrogens (primary N) is 1. The summed E-state index contributed by atoms with van der Waals surface area (Å²) in [6.45, 7) is 0. The number of benzene rings is 1. The van der Waals surface area contributed by atoms with Crippen LogP contribution in [0.5, 0.6) is 0 Å². The molecule has 78 valence electrons. The Morgan fingerprint density at radius 1 is 1.33 bits per heavy atom. The summed E-state index contributed by atoms with van der Waals surface area (Å²) in [5.74, 6) is 0.696. The van der Waals surface area contributed by atoms with Crippen molar-refractivity contribution in [2.24, 2.45) is 12.8 Å². The van der Waals surface area contributed by atoms with E-state index in [0.29, 0.717) is 5.82 Å². The number of hydrogen-bond donors (Lipinski definition) is 1. The van der Waals surface area contributed by atoms with E-state index in [1.807, 2.05) is 25.2 Å². The summed E-state index contributed by atoms with van der Waals surface area (Å²) in [5.41, 5.74) is 7.21. The van der Waals surface area contributed by atoms with Gasteiger partial charge in [0.15, 0.2) is 5.82 Å². The van der Waals surface area contributed by atoms with E-state index in [0.717, 1.165) is 6.42 Å². The van der Waals surface area contributed by atoms with Gasteiger partial charge < -0.3 is 5.73 Å². The Hall–Kier alpha value is -1.68. The van der Waals surface area contributed by atoms with Crippen LogP contribution in [0, 0.1) is 0 Å². The second kappa shape index (κ2) is 4.23. The summed E-state index contributed by atoms with van der Waals surface area (Å²) in [7, 11) is 1.84. The average molecular weight is 202 g/mol. The van der Waals surface area contributed by atoms with Crippen molar-refractivity contribution in [3.8, 4) is 0 Å². The van der Waals surface area contributed by atoms with Crippen LogP contribution in [0.15, 0.2) is 36.7 Å². The van der Waals surface area contributed by atoms with E-state index in [1.54, 1.807) is 11.0 Å². The highest BCUT2D eigenvalue weighted by atomic mass is 15.3. The number of nitrogens with zero attached hydrogens (tertiary/aromatic N) is 3. The summed E-state index contributed by atoms with van der Waals surface area (Å²) in [6, 6.07) is 10.00. The molecular weight excluding hydrogens is 188 g/mol. The van der Waals surface area contributed by atoms with Crippen LogP contribution in [0.1, 0.15) is 17.4 Å². The third kappa shape index (κ3) is 2.41. The van der Waals surface area contributed by atoms with Gasteiger partial charge in [0.25, 0.3) is 0 Å². The Bertz CT molecular complexity index is 421. The van der Waals surface area contributed by atoms with Crippen LogP contribution in [0.25, 0.3) is 0 Å². The van der Waals surface area contributed by atoms with Gasteiger partial charge in [0.2, 0.25) is 0 Å². The van der Waals surface area contributed by atoms with Crippen LogP contribution in [-0.4, -0.2) is 14.8 Å². The van der Waals surface area contributed by atoms with Gasteiger partial charge in [0.1, 0.15) is 6.33 Å². The third-order valence-corrected chi connectivity index (χ3v) is 2.25. The molecule has 0 bridgehead atoms. The minimum absolute atomic E-state index is 0.131. The van der Waals surface area contributed by atoms with Crippen molar-refractivity contribution in [3.63, 3.8) is 0 Å². The van der Waals surface area contributed by atoms with Gasteiger partial charge in [-0.1, -0.05) is 30.3 Å². The van der Waals surface area contributed by atoms with E-state index in [2.05, 4.69) is 22.2 Å². The van der Waals surface area contributed by atoms with Crippen LogP contribution in [0.3, 0.4) is 0 Å². The quantitative estimate of drug-likeness (QED) is 0.809. The Balaban J connectivity index is 2.07. The van der Waals surface area contributed by atoms with E-state index < -0.39 is 0 Å². The largest absolute Gasteiger partial charge is 0.321 e. The molecule has 0 amide bonds. The van der Waals surface area contributed by atoms with E-state index in [9.17, 15) is 0 Å². The SMILES string of the molecule is Cn1cnc(C(N)Cc2ccccc2)n1. The zero-order valence-corrected chi connectivity index (χ0v) is 8.67. The van der Waals surface area contributed by atoms with Crippen molar-refractivity contribution in [2.45, 2.75) is 12.5 Å². The molecule has 4 nitrogen and oxygen atoms in total. The molecule has 0 spiro atoms. The van der Waals surface area contributed by atoms with Crippen LogP contribution >= 0.6 is 0 Å². The first-order chi connectivity index (χ1) is 7.25. The molecule has 0 aliphatic carbocycles. The van der Waals surface area contributed by atoms with Gasteiger partial charge in [-0.2, -0.15) is 5.10 Å². The molecular formula is C11H14N4. The lowest BCUT2D eigenvalue weighted by Gasteiger charge is -2.06. The molecule has 0 fully saturated rings. The predicted molar refractivity (Wildman–Crippen MR) is 58.1 cm³/mol. The van der Waals surface area contributed by atoms with Crippen molar-refractivity contribution in [1.82, 2.24) is 14.8 Å². The molecule has 1 heterocycles. The fraction of sp³-hybridized carbons (Fsp3) is 0.273. The van der Waals surface area contributed by atoms with Crippen LogP contribution in [0.4, 0.5) is 0 Å². The van der Waals surface area contributed by atoms with Crippen LogP contribution in [-0.2, 0) is 13.5 Å². The smallest absolute Gasteiger partial charge is 0.167 e. The minimum atomic E-state index is -0.131. The van der Waals surface area contributed by atoms with Crippen molar-refractivity contribution < 1.29 is 0 Å². The number of rotatable bonds is 3. The van der Waals surface area contributed by atoms with Gasteiger partial charge in [0.05, 0.1) is 6.04 Å². The predicted octanol–water partition coefficient (Wildman–Crippen LogP) is 1.06. The second-order valence-electron chi connectivity index (χ2n) is 3.57. The molecule has 2 N–H and O–H groups in total. The van der Waals surface area contributed by atoms with Gasteiger partial charge in [-0.05, 0) is 12.0 Å². The normalized spacial score (nSPS) is 12.7. The first kappa shape index (κ1) is 9.86. The topological polar surface area (TPSA) is 56.7 Å². The Labute approximate surface area is 88.8 Å².